The number of fused-ring (bicyclic) bond motifs is 1. The molecule has 2 aromatic heterocycles. The van der Waals surface area contributed by atoms with Crippen LogP contribution < -0.4 is 20.1 Å². The van der Waals surface area contributed by atoms with E-state index in [4.69, 9.17) is 21.9 Å². The molecule has 4 heterocycles. The summed E-state index contributed by atoms with van der Waals surface area (Å²) in [6.45, 7) is 7.55. The Labute approximate surface area is 244 Å². The third-order valence-electron chi connectivity index (χ3n) is 7.37. The lowest BCUT2D eigenvalue weighted by Crippen LogP contribution is -2.47. The van der Waals surface area contributed by atoms with Gasteiger partial charge in [0, 0.05) is 38.9 Å². The van der Waals surface area contributed by atoms with Gasteiger partial charge in [-0.2, -0.15) is 0 Å². The lowest BCUT2D eigenvalue weighted by Gasteiger charge is -2.37. The molecule has 2 aliphatic rings. The number of methoxy groups -OCH3 is 1. The van der Waals surface area contributed by atoms with Crippen molar-refractivity contribution in [3.63, 3.8) is 0 Å². The highest BCUT2D eigenvalue weighted by molar-refractivity contribution is 8.26. The molecule has 0 unspecified atom stereocenters. The van der Waals surface area contributed by atoms with Gasteiger partial charge in [0.2, 0.25) is 0 Å². The number of amides is 1. The quantitative estimate of drug-likeness (QED) is 0.197. The minimum atomic E-state index is -0.191. The zero-order valence-corrected chi connectivity index (χ0v) is 24.9. The zero-order chi connectivity index (χ0) is 28.2. The van der Waals surface area contributed by atoms with Gasteiger partial charge in [-0.3, -0.25) is 18.9 Å². The van der Waals surface area contributed by atoms with E-state index in [1.807, 2.05) is 37.3 Å². The van der Waals surface area contributed by atoms with Gasteiger partial charge < -0.3 is 14.5 Å². The van der Waals surface area contributed by atoms with Crippen molar-refractivity contribution in [3.8, 4) is 5.75 Å². The van der Waals surface area contributed by atoms with Gasteiger partial charge in [-0.1, -0.05) is 68.4 Å². The zero-order valence-electron chi connectivity index (χ0n) is 23.3. The second kappa shape index (κ2) is 12.4. The van der Waals surface area contributed by atoms with Crippen LogP contribution in [0.3, 0.4) is 0 Å². The molecule has 0 N–H and O–H groups in total. The maximum Gasteiger partial charge on any atom is 0.267 e. The molecule has 0 bridgehead atoms. The summed E-state index contributed by atoms with van der Waals surface area (Å²) in [5.74, 6) is 1.31. The Morgan fingerprint density at radius 3 is 2.52 bits per heavy atom. The number of rotatable bonds is 9. The summed E-state index contributed by atoms with van der Waals surface area (Å²) in [5.41, 5.74) is 2.82. The van der Waals surface area contributed by atoms with Crippen LogP contribution in [-0.4, -0.2) is 64.3 Å². The maximum atomic E-state index is 13.9. The van der Waals surface area contributed by atoms with Crippen molar-refractivity contribution in [2.75, 3.05) is 49.6 Å². The van der Waals surface area contributed by atoms with Gasteiger partial charge in [-0.05, 0) is 43.2 Å². The number of anilines is 2. The number of carbonyl (C=O) groups excluding carboxylic acids is 1. The summed E-state index contributed by atoms with van der Waals surface area (Å²) in [4.78, 5) is 38.7. The average molecular weight is 578 g/mol. The van der Waals surface area contributed by atoms with E-state index in [1.165, 1.54) is 11.8 Å². The van der Waals surface area contributed by atoms with Crippen LogP contribution in [-0.2, 0) is 4.79 Å². The summed E-state index contributed by atoms with van der Waals surface area (Å²) in [6.07, 6.45) is 7.74. The van der Waals surface area contributed by atoms with Crippen molar-refractivity contribution in [1.82, 2.24) is 14.3 Å². The van der Waals surface area contributed by atoms with Crippen LogP contribution in [0.1, 0.15) is 43.7 Å². The number of hydrogen-bond acceptors (Lipinski definition) is 8. The Balaban J connectivity index is 1.47. The second-order valence-corrected chi connectivity index (χ2v) is 11.8. The Morgan fingerprint density at radius 2 is 1.77 bits per heavy atom. The molecule has 3 aromatic rings. The Kier molecular flexibility index (Phi) is 8.75. The number of benzene rings is 1. The molecule has 0 atom stereocenters. The van der Waals surface area contributed by atoms with Crippen LogP contribution in [0.2, 0.25) is 0 Å². The monoisotopic (exact) mass is 577 g/mol. The van der Waals surface area contributed by atoms with Gasteiger partial charge in [0.1, 0.15) is 21.5 Å². The number of unbranched alkanes of at least 4 members (excludes halogenated alkanes) is 3. The highest BCUT2D eigenvalue weighted by Gasteiger charge is 2.33. The SMILES string of the molecule is CCCCCCN1C(=O)/C(=C/c2c(N3CCN(c4ccccc4OC)CC3)nc3ccc(C)cn3c2=O)SC1=S. The van der Waals surface area contributed by atoms with Crippen molar-refractivity contribution >= 4 is 57.4 Å². The molecular weight excluding hydrogens is 542 g/mol. The number of carbonyl (C=O) groups is 1. The fourth-order valence-electron chi connectivity index (χ4n) is 5.19. The molecule has 2 aliphatic heterocycles. The molecule has 0 spiro atoms. The van der Waals surface area contributed by atoms with Crippen LogP contribution >= 0.6 is 24.0 Å². The molecule has 210 valence electrons. The van der Waals surface area contributed by atoms with E-state index < -0.39 is 0 Å². The summed E-state index contributed by atoms with van der Waals surface area (Å²) < 4.78 is 7.69. The third kappa shape index (κ3) is 5.74. The smallest absolute Gasteiger partial charge is 0.267 e. The van der Waals surface area contributed by atoms with Gasteiger partial charge in [-0.25, -0.2) is 4.98 Å². The first-order chi connectivity index (χ1) is 19.4. The van der Waals surface area contributed by atoms with Crippen LogP contribution in [0, 0.1) is 6.92 Å². The predicted molar refractivity (Wildman–Crippen MR) is 168 cm³/mol. The number of aryl methyl sites for hydroxylation is 1. The Morgan fingerprint density at radius 1 is 1.02 bits per heavy atom. The molecule has 1 amide bonds. The first-order valence-corrected chi connectivity index (χ1v) is 15.0. The van der Waals surface area contributed by atoms with E-state index in [2.05, 4.69) is 22.8 Å². The largest absolute Gasteiger partial charge is 0.495 e. The first kappa shape index (κ1) is 28.2. The summed E-state index contributed by atoms with van der Waals surface area (Å²) in [6, 6.07) is 11.8. The predicted octanol–water partition coefficient (Wildman–Crippen LogP) is 5.12. The van der Waals surface area contributed by atoms with E-state index in [0.717, 1.165) is 55.8 Å². The standard InChI is InChI=1S/C30H35N5O3S2/c1-4-5-6-9-14-34-29(37)25(40-30(34)39)19-22-27(31-26-13-12-21(2)20-35(26)28(22)36)33-17-15-32(16-18-33)23-10-7-8-11-24(23)38-3/h7-8,10-13,19-20H,4-6,9,14-18H2,1-3H3/b25-19-. The van der Waals surface area contributed by atoms with Crippen molar-refractivity contribution in [3.05, 3.63) is 69.0 Å². The van der Waals surface area contributed by atoms with Crippen LogP contribution in [0.25, 0.3) is 11.7 Å². The minimum Gasteiger partial charge on any atom is -0.495 e. The fourth-order valence-corrected chi connectivity index (χ4v) is 6.48. The van der Waals surface area contributed by atoms with E-state index in [1.54, 1.807) is 28.7 Å². The highest BCUT2D eigenvalue weighted by atomic mass is 32.2. The number of ether oxygens (including phenoxy) is 1. The molecule has 0 saturated carbocycles. The first-order valence-electron chi connectivity index (χ1n) is 13.8. The molecule has 10 heteroatoms. The number of thioether (sulfide) groups is 1. The highest BCUT2D eigenvalue weighted by Crippen LogP contribution is 2.34. The van der Waals surface area contributed by atoms with Crippen molar-refractivity contribution in [2.45, 2.75) is 39.5 Å². The number of hydrogen-bond donors (Lipinski definition) is 0. The average Bonchev–Trinajstić information content (AvgIpc) is 3.24. The number of thiocarbonyl (C=S) groups is 1. The number of pyridine rings is 1. The molecule has 0 radical (unpaired) electrons. The minimum absolute atomic E-state index is 0.132. The number of aromatic nitrogens is 2. The molecule has 2 saturated heterocycles. The topological polar surface area (TPSA) is 70.4 Å². The molecule has 8 nitrogen and oxygen atoms in total. The molecule has 1 aromatic carbocycles. The normalized spacial score (nSPS) is 17.0. The fraction of sp³-hybridized carbons (Fsp3) is 0.400. The summed E-state index contributed by atoms with van der Waals surface area (Å²) in [7, 11) is 1.68. The van der Waals surface area contributed by atoms with Gasteiger partial charge >= 0.3 is 0 Å². The maximum absolute atomic E-state index is 13.9. The third-order valence-corrected chi connectivity index (χ3v) is 8.75. The molecule has 5 rings (SSSR count). The lowest BCUT2D eigenvalue weighted by molar-refractivity contribution is -0.122. The molecular formula is C30H35N5O3S2. The Bertz CT molecular complexity index is 1510. The molecule has 0 aliphatic carbocycles. The van der Waals surface area contributed by atoms with Gasteiger partial charge in [0.05, 0.1) is 23.3 Å². The van der Waals surface area contributed by atoms with Crippen LogP contribution in [0.15, 0.2) is 52.3 Å². The van der Waals surface area contributed by atoms with Gasteiger partial charge in [0.15, 0.2) is 0 Å². The van der Waals surface area contributed by atoms with Crippen molar-refractivity contribution in [1.29, 1.82) is 0 Å². The van der Waals surface area contributed by atoms with Crippen LogP contribution in [0.5, 0.6) is 5.75 Å². The van der Waals surface area contributed by atoms with Gasteiger partial charge in [0.25, 0.3) is 11.5 Å². The Hall–Kier alpha value is -3.37. The summed E-state index contributed by atoms with van der Waals surface area (Å²) in [5, 5.41) is 0. The van der Waals surface area contributed by atoms with Crippen LogP contribution in [0.4, 0.5) is 11.5 Å². The van der Waals surface area contributed by atoms with E-state index in [9.17, 15) is 9.59 Å². The van der Waals surface area contributed by atoms with E-state index >= 15 is 0 Å². The van der Waals surface area contributed by atoms with Crippen molar-refractivity contribution < 1.29 is 9.53 Å². The van der Waals surface area contributed by atoms with Crippen molar-refractivity contribution in [2.24, 2.45) is 0 Å². The number of nitrogens with zero attached hydrogens (tertiary/aromatic N) is 5. The molecule has 2 fully saturated rings. The van der Waals surface area contributed by atoms with E-state index in [-0.39, 0.29) is 11.5 Å². The number of piperazine rings is 1. The molecule has 40 heavy (non-hydrogen) atoms. The van der Waals surface area contributed by atoms with Gasteiger partial charge in [-0.15, -0.1) is 0 Å². The lowest BCUT2D eigenvalue weighted by atomic mass is 10.2. The van der Waals surface area contributed by atoms with E-state index in [0.29, 0.717) is 45.9 Å². The second-order valence-electron chi connectivity index (χ2n) is 10.1. The summed E-state index contributed by atoms with van der Waals surface area (Å²) >= 11 is 6.82. The number of para-hydroxylation sites is 2.